The molecule has 0 aromatic heterocycles. The Morgan fingerprint density at radius 2 is 1.60 bits per heavy atom. The second-order valence-electron chi connectivity index (χ2n) is 10.2. The Bertz CT molecular complexity index is 1260. The van der Waals surface area contributed by atoms with Crippen molar-refractivity contribution in [1.29, 1.82) is 0 Å². The zero-order valence-corrected chi connectivity index (χ0v) is 23.7. The molecule has 0 spiro atoms. The van der Waals surface area contributed by atoms with Crippen LogP contribution in [0.15, 0.2) is 72.8 Å². The molecule has 2 amide bonds. The molecule has 0 aliphatic heterocycles. The van der Waals surface area contributed by atoms with E-state index < -0.39 is 18.1 Å². The number of primary amides is 1. The number of phenols is 1. The van der Waals surface area contributed by atoms with Gasteiger partial charge in [-0.3, -0.25) is 9.28 Å². The summed E-state index contributed by atoms with van der Waals surface area (Å²) in [6.07, 6.45) is 1.11. The molecular weight excluding hydrogens is 506 g/mol. The van der Waals surface area contributed by atoms with Crippen LogP contribution in [-0.2, 0) is 13.0 Å². The predicted molar refractivity (Wildman–Crippen MR) is 156 cm³/mol. The van der Waals surface area contributed by atoms with Gasteiger partial charge < -0.3 is 26.0 Å². The van der Waals surface area contributed by atoms with Crippen molar-refractivity contribution >= 4 is 11.8 Å². The number of carbonyl (C=O) groups excluding carboxylic acids is 2. The van der Waals surface area contributed by atoms with E-state index in [9.17, 15) is 19.8 Å². The Morgan fingerprint density at radius 1 is 0.925 bits per heavy atom. The van der Waals surface area contributed by atoms with Gasteiger partial charge in [0.2, 0.25) is 5.91 Å². The van der Waals surface area contributed by atoms with E-state index in [1.807, 2.05) is 44.2 Å². The van der Waals surface area contributed by atoms with Gasteiger partial charge in [-0.1, -0.05) is 56.3 Å². The van der Waals surface area contributed by atoms with Crippen molar-refractivity contribution < 1.29 is 29.0 Å². The lowest BCUT2D eigenvalue weighted by Gasteiger charge is -2.44. The fraction of sp³-hybridized carbons (Fsp3) is 0.375. The first-order valence-electron chi connectivity index (χ1n) is 13.9. The number of aromatic hydroxyl groups is 1. The lowest BCUT2D eigenvalue weighted by atomic mass is 9.94. The van der Waals surface area contributed by atoms with Gasteiger partial charge in [0.15, 0.2) is 11.5 Å². The Labute approximate surface area is 237 Å². The number of hydrogen-bond donors (Lipinski definition) is 4. The van der Waals surface area contributed by atoms with E-state index in [0.29, 0.717) is 37.4 Å². The number of aliphatic hydroxyl groups excluding tert-OH is 1. The molecule has 5 N–H and O–H groups in total. The second-order valence-corrected chi connectivity index (χ2v) is 10.2. The van der Waals surface area contributed by atoms with E-state index >= 15 is 0 Å². The Hall–Kier alpha value is -3.72. The van der Waals surface area contributed by atoms with Crippen LogP contribution >= 0.6 is 0 Å². The van der Waals surface area contributed by atoms with E-state index in [2.05, 4.69) is 5.32 Å². The van der Waals surface area contributed by atoms with Crippen LogP contribution in [0, 0.1) is 0 Å². The summed E-state index contributed by atoms with van der Waals surface area (Å²) in [6, 6.07) is 21.1. The monoisotopic (exact) mass is 548 g/mol. The summed E-state index contributed by atoms with van der Waals surface area (Å²) < 4.78 is 5.27. The molecular formula is C32H42N3O5+. The standard InChI is InChI=1S/C32H41N3O5/c1-4-16-35(17-5-2,32(39)26-13-9-12-25(20-26)31(33)38)27(18-23-10-7-6-8-11-23)29(37)22-34-21-24-14-15-28(36)30(19-24)40-3/h6-15,19-20,27,29,34,37H,4-5,16-18,21-22H2,1-3H3,(H2-,33,36,38)/p+1/t27-,29+/m0/s1. The summed E-state index contributed by atoms with van der Waals surface area (Å²) in [7, 11) is 1.50. The minimum absolute atomic E-state index is 0.0555. The first kappa shape index (κ1) is 30.8. The topological polar surface area (TPSA) is 122 Å². The molecule has 0 aliphatic rings. The van der Waals surface area contributed by atoms with Crippen molar-refractivity contribution in [1.82, 2.24) is 5.32 Å². The molecule has 3 rings (SSSR count). The number of hydrogen-bond acceptors (Lipinski definition) is 6. The lowest BCUT2D eigenvalue weighted by molar-refractivity contribution is -0.878. The molecule has 2 atom stereocenters. The first-order valence-corrected chi connectivity index (χ1v) is 13.9. The number of nitrogens with two attached hydrogens (primary N) is 1. The van der Waals surface area contributed by atoms with Crippen LogP contribution in [0.1, 0.15) is 58.5 Å². The minimum atomic E-state index is -0.861. The molecule has 3 aromatic carbocycles. The van der Waals surface area contributed by atoms with Crippen molar-refractivity contribution in [3.8, 4) is 11.5 Å². The fourth-order valence-corrected chi connectivity index (χ4v) is 5.49. The van der Waals surface area contributed by atoms with Crippen LogP contribution in [-0.4, -0.2) is 65.4 Å². The number of rotatable bonds is 15. The predicted octanol–water partition coefficient (Wildman–Crippen LogP) is 4.04. The first-order chi connectivity index (χ1) is 19.2. The van der Waals surface area contributed by atoms with Crippen molar-refractivity contribution in [2.75, 3.05) is 26.7 Å². The summed E-state index contributed by atoms with van der Waals surface area (Å²) in [6.45, 7) is 5.86. The quantitative estimate of drug-likeness (QED) is 0.213. The van der Waals surface area contributed by atoms with Crippen molar-refractivity contribution in [3.05, 3.63) is 95.1 Å². The van der Waals surface area contributed by atoms with Gasteiger partial charge in [-0.2, -0.15) is 0 Å². The van der Waals surface area contributed by atoms with E-state index in [4.69, 9.17) is 10.5 Å². The number of phenolic OH excluding ortho intramolecular Hbond substituents is 1. The zero-order valence-electron chi connectivity index (χ0n) is 23.7. The molecule has 0 saturated carbocycles. The molecule has 0 unspecified atom stereocenters. The molecule has 0 bridgehead atoms. The number of quaternary nitrogens is 1. The number of ether oxygens (including phenoxy) is 1. The van der Waals surface area contributed by atoms with Gasteiger partial charge in [0.25, 0.3) is 0 Å². The third-order valence-electron chi connectivity index (χ3n) is 7.34. The van der Waals surface area contributed by atoms with Crippen LogP contribution in [0.2, 0.25) is 0 Å². The number of nitrogens with one attached hydrogen (secondary N) is 1. The second kappa shape index (κ2) is 14.6. The average molecular weight is 549 g/mol. The van der Waals surface area contributed by atoms with Crippen molar-refractivity contribution in [3.63, 3.8) is 0 Å². The van der Waals surface area contributed by atoms with Crippen LogP contribution in [0.3, 0.4) is 0 Å². The molecule has 8 heteroatoms. The molecule has 40 heavy (non-hydrogen) atoms. The largest absolute Gasteiger partial charge is 0.504 e. The fourth-order valence-electron chi connectivity index (χ4n) is 5.49. The highest BCUT2D eigenvalue weighted by Gasteiger charge is 2.47. The van der Waals surface area contributed by atoms with E-state index in [1.54, 1.807) is 42.5 Å². The maximum Gasteiger partial charge on any atom is 0.346 e. The third kappa shape index (κ3) is 7.47. The van der Waals surface area contributed by atoms with E-state index in [0.717, 1.165) is 24.0 Å². The highest BCUT2D eigenvalue weighted by Crippen LogP contribution is 2.28. The molecule has 0 radical (unpaired) electrons. The average Bonchev–Trinajstić information content (AvgIpc) is 2.96. The lowest BCUT2D eigenvalue weighted by Crippen LogP contribution is -2.65. The number of amides is 2. The summed E-state index contributed by atoms with van der Waals surface area (Å²) in [4.78, 5) is 26.3. The third-order valence-corrected chi connectivity index (χ3v) is 7.34. The normalized spacial score (nSPS) is 13.0. The van der Waals surface area contributed by atoms with Crippen LogP contribution in [0.25, 0.3) is 0 Å². The zero-order chi connectivity index (χ0) is 29.1. The Morgan fingerprint density at radius 3 is 2.23 bits per heavy atom. The molecule has 0 saturated heterocycles. The van der Waals surface area contributed by atoms with Crippen LogP contribution < -0.4 is 15.8 Å². The summed E-state index contributed by atoms with van der Waals surface area (Å²) >= 11 is 0. The highest BCUT2D eigenvalue weighted by molar-refractivity contribution is 5.97. The molecule has 0 aliphatic carbocycles. The van der Waals surface area contributed by atoms with Gasteiger partial charge in [-0.05, 0) is 54.3 Å². The van der Waals surface area contributed by atoms with Gasteiger partial charge in [-0.25, -0.2) is 4.79 Å². The van der Waals surface area contributed by atoms with Crippen LogP contribution in [0.4, 0.5) is 0 Å². The van der Waals surface area contributed by atoms with Gasteiger partial charge >= 0.3 is 5.91 Å². The van der Waals surface area contributed by atoms with Gasteiger partial charge in [-0.15, -0.1) is 0 Å². The molecule has 0 heterocycles. The van der Waals surface area contributed by atoms with Gasteiger partial charge in [0.1, 0.15) is 12.1 Å². The molecule has 8 nitrogen and oxygen atoms in total. The summed E-state index contributed by atoms with van der Waals surface area (Å²) in [5, 5.41) is 25.0. The van der Waals surface area contributed by atoms with Crippen molar-refractivity contribution in [2.45, 2.75) is 51.8 Å². The Kier molecular flexibility index (Phi) is 11.3. The van der Waals surface area contributed by atoms with Gasteiger partial charge in [0.05, 0.1) is 25.8 Å². The van der Waals surface area contributed by atoms with Gasteiger partial charge in [0, 0.05) is 25.1 Å². The number of aliphatic hydroxyl groups is 1. The number of carbonyl (C=O) groups is 2. The van der Waals surface area contributed by atoms with E-state index in [-0.39, 0.29) is 28.2 Å². The van der Waals surface area contributed by atoms with E-state index in [1.165, 1.54) is 7.11 Å². The van der Waals surface area contributed by atoms with Crippen LogP contribution in [0.5, 0.6) is 11.5 Å². The molecule has 0 fully saturated rings. The molecule has 214 valence electrons. The maximum absolute atomic E-state index is 14.4. The summed E-state index contributed by atoms with van der Waals surface area (Å²) in [5.41, 5.74) is 8.14. The SMILES string of the molecule is CCC[N+](CCC)(C(=O)c1cccc(C(N)=O)c1)[C@@H](Cc1ccccc1)[C@H](O)CNCc1ccc(O)c(OC)c1. The smallest absolute Gasteiger partial charge is 0.346 e. The molecule has 3 aromatic rings. The summed E-state index contributed by atoms with van der Waals surface area (Å²) in [5.74, 6) is -0.272. The Balaban J connectivity index is 1.97. The minimum Gasteiger partial charge on any atom is -0.504 e. The maximum atomic E-state index is 14.4. The number of methoxy groups -OCH3 is 1. The number of nitrogens with zero attached hydrogens (tertiary/aromatic N) is 1. The number of benzene rings is 3. The van der Waals surface area contributed by atoms with Crippen molar-refractivity contribution in [2.24, 2.45) is 5.73 Å². The highest BCUT2D eigenvalue weighted by atomic mass is 16.5.